The maximum absolute atomic E-state index is 10.8. The highest BCUT2D eigenvalue weighted by Gasteiger charge is 2.13. The predicted octanol–water partition coefficient (Wildman–Crippen LogP) is 3.85. The van der Waals surface area contributed by atoms with Gasteiger partial charge in [-0.1, -0.05) is 6.07 Å². The molecule has 0 aliphatic heterocycles. The summed E-state index contributed by atoms with van der Waals surface area (Å²) < 4.78 is 2.51. The molecule has 0 amide bonds. The number of nitro groups is 1. The largest absolute Gasteiger partial charge is 0.396 e. The first-order valence-corrected chi connectivity index (χ1v) is 7.56. The molecule has 0 saturated heterocycles. The number of nitro benzene ring substituents is 1. The number of hydrogen-bond donors (Lipinski definition) is 1. The summed E-state index contributed by atoms with van der Waals surface area (Å²) in [6, 6.07) is 8.19. The van der Waals surface area contributed by atoms with Crippen molar-refractivity contribution in [3.8, 4) is 16.3 Å². The molecule has 1 aromatic carbocycles. The molecule has 0 saturated carbocycles. The molecule has 0 bridgehead atoms. The molecule has 2 heterocycles. The van der Waals surface area contributed by atoms with Gasteiger partial charge in [0.2, 0.25) is 0 Å². The third-order valence-electron chi connectivity index (χ3n) is 2.85. The molecular weight excluding hydrogens is 356 g/mol. The van der Waals surface area contributed by atoms with Gasteiger partial charge in [-0.05, 0) is 28.1 Å². The van der Waals surface area contributed by atoms with Gasteiger partial charge >= 0.3 is 0 Å². The molecule has 8 heteroatoms. The van der Waals surface area contributed by atoms with Gasteiger partial charge in [0, 0.05) is 22.0 Å². The van der Waals surface area contributed by atoms with E-state index in [0.717, 1.165) is 9.35 Å². The number of halogens is 1. The number of nitrogens with two attached hydrogens (primary N) is 1. The van der Waals surface area contributed by atoms with Gasteiger partial charge in [-0.3, -0.25) is 10.1 Å². The SMILES string of the molecule is Nc1cn(-c2cccc([N+](=O)[O-])c2)nc1-c1cc(Br)cs1. The average Bonchev–Trinajstić information content (AvgIpc) is 3.05. The maximum atomic E-state index is 10.8. The minimum absolute atomic E-state index is 0.0157. The van der Waals surface area contributed by atoms with Crippen molar-refractivity contribution in [2.24, 2.45) is 0 Å². The third-order valence-corrected chi connectivity index (χ3v) is 4.55. The minimum atomic E-state index is -0.437. The van der Waals surface area contributed by atoms with Crippen molar-refractivity contribution >= 4 is 38.6 Å². The van der Waals surface area contributed by atoms with E-state index in [9.17, 15) is 10.1 Å². The Kier molecular flexibility index (Phi) is 3.48. The molecule has 0 fully saturated rings. The Morgan fingerprint density at radius 2 is 2.19 bits per heavy atom. The Morgan fingerprint density at radius 1 is 1.38 bits per heavy atom. The van der Waals surface area contributed by atoms with E-state index < -0.39 is 4.92 Å². The van der Waals surface area contributed by atoms with Crippen LogP contribution in [0.15, 0.2) is 46.4 Å². The normalized spacial score (nSPS) is 10.7. The van der Waals surface area contributed by atoms with E-state index in [0.29, 0.717) is 17.1 Å². The van der Waals surface area contributed by atoms with Crippen LogP contribution in [-0.2, 0) is 0 Å². The van der Waals surface area contributed by atoms with E-state index in [2.05, 4.69) is 21.0 Å². The zero-order valence-corrected chi connectivity index (χ0v) is 13.0. The second-order valence-electron chi connectivity index (χ2n) is 4.28. The number of thiophene rings is 1. The molecule has 2 aromatic heterocycles. The summed E-state index contributed by atoms with van der Waals surface area (Å²) in [5.74, 6) is 0. The van der Waals surface area contributed by atoms with Crippen molar-refractivity contribution in [1.82, 2.24) is 9.78 Å². The molecule has 2 N–H and O–H groups in total. The Bertz CT molecular complexity index is 827. The summed E-state index contributed by atoms with van der Waals surface area (Å²) in [5.41, 5.74) is 7.79. The monoisotopic (exact) mass is 364 g/mol. The van der Waals surface area contributed by atoms with Crippen LogP contribution in [0.4, 0.5) is 11.4 Å². The van der Waals surface area contributed by atoms with Crippen molar-refractivity contribution in [3.05, 3.63) is 56.5 Å². The lowest BCUT2D eigenvalue weighted by Gasteiger charge is -2.00. The zero-order chi connectivity index (χ0) is 15.0. The fourth-order valence-corrected chi connectivity index (χ4v) is 3.33. The van der Waals surface area contributed by atoms with Crippen LogP contribution in [0.5, 0.6) is 0 Å². The van der Waals surface area contributed by atoms with Crippen molar-refractivity contribution in [2.45, 2.75) is 0 Å². The van der Waals surface area contributed by atoms with Crippen LogP contribution >= 0.6 is 27.3 Å². The van der Waals surface area contributed by atoms with E-state index in [-0.39, 0.29) is 5.69 Å². The van der Waals surface area contributed by atoms with Gasteiger partial charge in [-0.25, -0.2) is 4.68 Å². The van der Waals surface area contributed by atoms with Crippen LogP contribution in [0, 0.1) is 10.1 Å². The molecule has 3 rings (SSSR count). The molecule has 0 atom stereocenters. The summed E-state index contributed by atoms with van der Waals surface area (Å²) in [4.78, 5) is 11.3. The van der Waals surface area contributed by atoms with Crippen LogP contribution < -0.4 is 5.73 Å². The molecule has 0 radical (unpaired) electrons. The van der Waals surface area contributed by atoms with Crippen molar-refractivity contribution in [2.75, 3.05) is 5.73 Å². The third kappa shape index (κ3) is 2.67. The smallest absolute Gasteiger partial charge is 0.271 e. The van der Waals surface area contributed by atoms with E-state index in [1.165, 1.54) is 23.5 Å². The van der Waals surface area contributed by atoms with Gasteiger partial charge in [0.25, 0.3) is 5.69 Å². The Labute approximate surface area is 132 Å². The maximum Gasteiger partial charge on any atom is 0.271 e. The predicted molar refractivity (Wildman–Crippen MR) is 85.6 cm³/mol. The fourth-order valence-electron chi connectivity index (χ4n) is 1.90. The molecule has 3 aromatic rings. The lowest BCUT2D eigenvalue weighted by Crippen LogP contribution is -1.96. The second-order valence-corrected chi connectivity index (χ2v) is 6.11. The molecule has 106 valence electrons. The Morgan fingerprint density at radius 3 is 2.86 bits per heavy atom. The number of aromatic nitrogens is 2. The second kappa shape index (κ2) is 5.30. The van der Waals surface area contributed by atoms with Crippen molar-refractivity contribution in [3.63, 3.8) is 0 Å². The van der Waals surface area contributed by atoms with Gasteiger partial charge in [0.1, 0.15) is 5.69 Å². The summed E-state index contributed by atoms with van der Waals surface area (Å²) in [7, 11) is 0. The minimum Gasteiger partial charge on any atom is -0.396 e. The van der Waals surface area contributed by atoms with Gasteiger partial charge in [-0.2, -0.15) is 5.10 Å². The fraction of sp³-hybridized carbons (Fsp3) is 0. The first kappa shape index (κ1) is 13.8. The van der Waals surface area contributed by atoms with Gasteiger partial charge in [0.05, 0.1) is 27.4 Å². The summed E-state index contributed by atoms with van der Waals surface area (Å²) in [5, 5.41) is 17.2. The zero-order valence-electron chi connectivity index (χ0n) is 10.6. The molecule has 0 spiro atoms. The molecule has 0 aliphatic rings. The Hall–Kier alpha value is -2.19. The number of nitrogens with zero attached hydrogens (tertiary/aromatic N) is 3. The van der Waals surface area contributed by atoms with Gasteiger partial charge in [-0.15, -0.1) is 11.3 Å². The molecule has 0 unspecified atom stereocenters. The number of benzene rings is 1. The van der Waals surface area contributed by atoms with Crippen LogP contribution in [0.3, 0.4) is 0 Å². The van der Waals surface area contributed by atoms with E-state index in [4.69, 9.17) is 5.73 Å². The van der Waals surface area contributed by atoms with Crippen LogP contribution in [0.25, 0.3) is 16.3 Å². The first-order valence-electron chi connectivity index (χ1n) is 5.89. The molecule has 0 aliphatic carbocycles. The van der Waals surface area contributed by atoms with Gasteiger partial charge in [0.15, 0.2) is 0 Å². The highest BCUT2D eigenvalue weighted by atomic mass is 79.9. The topological polar surface area (TPSA) is 87.0 Å². The molecular formula is C13H9BrN4O2S. The van der Waals surface area contributed by atoms with E-state index in [1.54, 1.807) is 23.0 Å². The van der Waals surface area contributed by atoms with Crippen LogP contribution in [-0.4, -0.2) is 14.7 Å². The number of hydrogen-bond acceptors (Lipinski definition) is 5. The highest BCUT2D eigenvalue weighted by molar-refractivity contribution is 9.10. The number of nitrogen functional groups attached to an aromatic ring is 1. The number of anilines is 1. The van der Waals surface area contributed by atoms with Crippen molar-refractivity contribution in [1.29, 1.82) is 0 Å². The van der Waals surface area contributed by atoms with Crippen LogP contribution in [0.1, 0.15) is 0 Å². The highest BCUT2D eigenvalue weighted by Crippen LogP contribution is 2.33. The summed E-state index contributed by atoms with van der Waals surface area (Å²) in [6.45, 7) is 0. The number of rotatable bonds is 3. The standard InChI is InChI=1S/C13H9BrN4O2S/c14-8-4-12(21-7-8)13-11(15)6-17(16-13)9-2-1-3-10(5-9)18(19)20/h1-7H,15H2. The quantitative estimate of drug-likeness (QED) is 0.564. The Balaban J connectivity index is 2.05. The van der Waals surface area contributed by atoms with E-state index >= 15 is 0 Å². The van der Waals surface area contributed by atoms with Crippen molar-refractivity contribution < 1.29 is 4.92 Å². The lowest BCUT2D eigenvalue weighted by molar-refractivity contribution is -0.384. The van der Waals surface area contributed by atoms with E-state index in [1.807, 2.05) is 11.4 Å². The van der Waals surface area contributed by atoms with Crippen LogP contribution in [0.2, 0.25) is 0 Å². The molecule has 6 nitrogen and oxygen atoms in total. The summed E-state index contributed by atoms with van der Waals surface area (Å²) in [6.07, 6.45) is 1.65. The summed E-state index contributed by atoms with van der Waals surface area (Å²) >= 11 is 4.91. The molecule has 21 heavy (non-hydrogen) atoms. The average molecular weight is 365 g/mol. The van der Waals surface area contributed by atoms with Gasteiger partial charge < -0.3 is 5.73 Å². The number of non-ortho nitro benzene ring substituents is 1. The lowest BCUT2D eigenvalue weighted by atomic mass is 10.3. The first-order chi connectivity index (χ1) is 10.0.